The summed E-state index contributed by atoms with van der Waals surface area (Å²) in [6.07, 6.45) is 2.43. The molecule has 0 aliphatic rings. The minimum Gasteiger partial charge on any atom is -0.307 e. The molecule has 0 fully saturated rings. The molecule has 0 amide bonds. The van der Waals surface area contributed by atoms with Crippen LogP contribution in [0.2, 0.25) is 0 Å². The zero-order valence-corrected chi connectivity index (χ0v) is 12.6. The van der Waals surface area contributed by atoms with Crippen molar-refractivity contribution in [2.24, 2.45) is 11.8 Å². The first-order valence-corrected chi connectivity index (χ1v) is 7.35. The van der Waals surface area contributed by atoms with E-state index in [4.69, 9.17) is 0 Å². The van der Waals surface area contributed by atoms with Gasteiger partial charge in [-0.2, -0.15) is 0 Å². The summed E-state index contributed by atoms with van der Waals surface area (Å²) in [5.74, 6) is 1.44. The quantitative estimate of drug-likeness (QED) is 0.730. The Bertz CT molecular complexity index is 318. The second-order valence-corrected chi connectivity index (χ2v) is 5.93. The van der Waals surface area contributed by atoms with Gasteiger partial charge in [0.05, 0.1) is 0 Å². The lowest BCUT2D eigenvalue weighted by atomic mass is 9.93. The van der Waals surface area contributed by atoms with Gasteiger partial charge >= 0.3 is 0 Å². The van der Waals surface area contributed by atoms with Crippen molar-refractivity contribution >= 4 is 0 Å². The van der Waals surface area contributed by atoms with E-state index >= 15 is 0 Å². The van der Waals surface area contributed by atoms with Gasteiger partial charge in [-0.15, -0.1) is 0 Å². The van der Waals surface area contributed by atoms with Crippen LogP contribution in [-0.2, 0) is 0 Å². The Morgan fingerprint density at radius 1 is 1.00 bits per heavy atom. The van der Waals surface area contributed by atoms with E-state index in [1.807, 2.05) is 0 Å². The van der Waals surface area contributed by atoms with Crippen molar-refractivity contribution in [2.75, 3.05) is 0 Å². The lowest BCUT2D eigenvalue weighted by molar-refractivity contribution is 0.322. The van der Waals surface area contributed by atoms with E-state index in [0.717, 1.165) is 5.92 Å². The SMILES string of the molecule is CCC(C)C(C)NC(CC(C)C)c1ccccc1. The molecular formula is C17H29N. The molecule has 0 aliphatic heterocycles. The molecule has 1 N–H and O–H groups in total. The first-order chi connectivity index (χ1) is 8.54. The van der Waals surface area contributed by atoms with Gasteiger partial charge in [0.15, 0.2) is 0 Å². The Morgan fingerprint density at radius 3 is 2.11 bits per heavy atom. The molecular weight excluding hydrogens is 218 g/mol. The fourth-order valence-corrected chi connectivity index (χ4v) is 2.29. The first-order valence-electron chi connectivity index (χ1n) is 7.35. The lowest BCUT2D eigenvalue weighted by Crippen LogP contribution is -2.35. The molecule has 0 spiro atoms. The molecule has 1 aromatic carbocycles. The standard InChI is InChI=1S/C17H29N/c1-6-14(4)15(5)18-17(12-13(2)3)16-10-8-7-9-11-16/h7-11,13-15,17-18H,6,12H2,1-5H3. The minimum atomic E-state index is 0.482. The third-order valence-corrected chi connectivity index (χ3v) is 3.87. The normalized spacial score (nSPS) is 16.6. The average Bonchev–Trinajstić information content (AvgIpc) is 2.37. The minimum absolute atomic E-state index is 0.482. The Morgan fingerprint density at radius 2 is 1.61 bits per heavy atom. The number of hydrogen-bond donors (Lipinski definition) is 1. The second-order valence-electron chi connectivity index (χ2n) is 5.93. The Balaban J connectivity index is 2.73. The topological polar surface area (TPSA) is 12.0 Å². The smallest absolute Gasteiger partial charge is 0.0325 e. The molecule has 18 heavy (non-hydrogen) atoms. The van der Waals surface area contributed by atoms with Gasteiger partial charge in [-0.3, -0.25) is 0 Å². The zero-order valence-electron chi connectivity index (χ0n) is 12.6. The van der Waals surface area contributed by atoms with Gasteiger partial charge in [0.25, 0.3) is 0 Å². The van der Waals surface area contributed by atoms with Crippen LogP contribution in [-0.4, -0.2) is 6.04 Å². The molecule has 3 atom stereocenters. The van der Waals surface area contributed by atoms with E-state index in [-0.39, 0.29) is 0 Å². The molecule has 1 rings (SSSR count). The summed E-state index contributed by atoms with van der Waals surface area (Å²) in [7, 11) is 0. The number of hydrogen-bond acceptors (Lipinski definition) is 1. The Kier molecular flexibility index (Phi) is 6.42. The predicted octanol–water partition coefficient (Wildman–Crippen LogP) is 4.80. The molecule has 0 radical (unpaired) electrons. The van der Waals surface area contributed by atoms with E-state index in [9.17, 15) is 0 Å². The largest absolute Gasteiger partial charge is 0.307 e. The van der Waals surface area contributed by atoms with Crippen LogP contribution in [0.25, 0.3) is 0 Å². The molecule has 1 nitrogen and oxygen atoms in total. The summed E-state index contributed by atoms with van der Waals surface area (Å²) >= 11 is 0. The third kappa shape index (κ3) is 4.81. The maximum atomic E-state index is 3.82. The first kappa shape index (κ1) is 15.2. The molecule has 0 heterocycles. The van der Waals surface area contributed by atoms with Crippen molar-refractivity contribution < 1.29 is 0 Å². The summed E-state index contributed by atoms with van der Waals surface area (Å²) in [6, 6.07) is 11.9. The number of nitrogens with one attached hydrogen (secondary N) is 1. The van der Waals surface area contributed by atoms with Crippen LogP contribution in [0.1, 0.15) is 59.1 Å². The van der Waals surface area contributed by atoms with Gasteiger partial charge in [0.2, 0.25) is 0 Å². The maximum Gasteiger partial charge on any atom is 0.0325 e. The summed E-state index contributed by atoms with van der Waals surface area (Å²) in [4.78, 5) is 0. The van der Waals surface area contributed by atoms with Gasteiger partial charge in [-0.25, -0.2) is 0 Å². The Labute approximate surface area is 113 Å². The molecule has 0 aliphatic carbocycles. The van der Waals surface area contributed by atoms with E-state index in [1.54, 1.807) is 0 Å². The Hall–Kier alpha value is -0.820. The second kappa shape index (κ2) is 7.58. The van der Waals surface area contributed by atoms with Gasteiger partial charge in [0.1, 0.15) is 0 Å². The molecule has 0 saturated carbocycles. The predicted molar refractivity (Wildman–Crippen MR) is 80.7 cm³/mol. The molecule has 0 bridgehead atoms. The van der Waals surface area contributed by atoms with Gasteiger partial charge in [-0.1, -0.05) is 64.4 Å². The fourth-order valence-electron chi connectivity index (χ4n) is 2.29. The fraction of sp³-hybridized carbons (Fsp3) is 0.647. The van der Waals surface area contributed by atoms with Crippen molar-refractivity contribution in [3.05, 3.63) is 35.9 Å². The van der Waals surface area contributed by atoms with E-state index < -0.39 is 0 Å². The van der Waals surface area contributed by atoms with Gasteiger partial charge < -0.3 is 5.32 Å². The van der Waals surface area contributed by atoms with Crippen LogP contribution < -0.4 is 5.32 Å². The van der Waals surface area contributed by atoms with Crippen LogP contribution >= 0.6 is 0 Å². The van der Waals surface area contributed by atoms with Crippen molar-refractivity contribution in [1.29, 1.82) is 0 Å². The molecule has 1 aromatic rings. The highest BCUT2D eigenvalue weighted by atomic mass is 14.9. The number of benzene rings is 1. The van der Waals surface area contributed by atoms with Crippen molar-refractivity contribution in [3.8, 4) is 0 Å². The van der Waals surface area contributed by atoms with Crippen molar-refractivity contribution in [2.45, 2.75) is 59.5 Å². The van der Waals surface area contributed by atoms with Crippen LogP contribution in [0.4, 0.5) is 0 Å². The summed E-state index contributed by atoms with van der Waals surface area (Å²) in [6.45, 7) is 11.5. The third-order valence-electron chi connectivity index (χ3n) is 3.87. The summed E-state index contributed by atoms with van der Waals surface area (Å²) in [5, 5.41) is 3.82. The van der Waals surface area contributed by atoms with E-state index in [0.29, 0.717) is 18.0 Å². The van der Waals surface area contributed by atoms with E-state index in [2.05, 4.69) is 70.3 Å². The molecule has 0 saturated heterocycles. The highest BCUT2D eigenvalue weighted by Crippen LogP contribution is 2.23. The van der Waals surface area contributed by atoms with Crippen LogP contribution in [0.3, 0.4) is 0 Å². The number of rotatable bonds is 7. The van der Waals surface area contributed by atoms with Gasteiger partial charge in [0, 0.05) is 12.1 Å². The maximum absolute atomic E-state index is 3.82. The van der Waals surface area contributed by atoms with Crippen LogP contribution in [0.5, 0.6) is 0 Å². The van der Waals surface area contributed by atoms with Crippen LogP contribution in [0, 0.1) is 11.8 Å². The van der Waals surface area contributed by atoms with Crippen LogP contribution in [0.15, 0.2) is 30.3 Å². The summed E-state index contributed by atoms with van der Waals surface area (Å²) < 4.78 is 0. The monoisotopic (exact) mass is 247 g/mol. The molecule has 0 aromatic heterocycles. The van der Waals surface area contributed by atoms with Gasteiger partial charge in [-0.05, 0) is 30.7 Å². The molecule has 102 valence electrons. The highest BCUT2D eigenvalue weighted by Gasteiger charge is 2.18. The zero-order chi connectivity index (χ0) is 13.5. The average molecular weight is 247 g/mol. The van der Waals surface area contributed by atoms with Crippen molar-refractivity contribution in [3.63, 3.8) is 0 Å². The highest BCUT2D eigenvalue weighted by molar-refractivity contribution is 5.19. The molecule has 1 heteroatoms. The van der Waals surface area contributed by atoms with E-state index in [1.165, 1.54) is 18.4 Å². The lowest BCUT2D eigenvalue weighted by Gasteiger charge is -2.28. The summed E-state index contributed by atoms with van der Waals surface area (Å²) in [5.41, 5.74) is 1.42. The van der Waals surface area contributed by atoms with Crippen molar-refractivity contribution in [1.82, 2.24) is 5.32 Å². The molecule has 3 unspecified atom stereocenters.